The maximum absolute atomic E-state index is 13.6. The van der Waals surface area contributed by atoms with Gasteiger partial charge >= 0.3 is 5.97 Å². The minimum atomic E-state index is -1.18. The third-order valence-electron chi connectivity index (χ3n) is 6.41. The number of benzene rings is 1. The first-order valence-corrected chi connectivity index (χ1v) is 11.1. The van der Waals surface area contributed by atoms with Crippen LogP contribution in [0.1, 0.15) is 59.4 Å². The number of aliphatic carboxylic acids is 1. The summed E-state index contributed by atoms with van der Waals surface area (Å²) < 4.78 is 0. The molecule has 1 amide bonds. The van der Waals surface area contributed by atoms with Crippen LogP contribution >= 0.6 is 0 Å². The van der Waals surface area contributed by atoms with Crippen LogP contribution in [-0.4, -0.2) is 45.9 Å². The Morgan fingerprint density at radius 1 is 1.10 bits per heavy atom. The molecule has 174 valence electrons. The summed E-state index contributed by atoms with van der Waals surface area (Å²) in [5, 5.41) is 32.7. The van der Waals surface area contributed by atoms with Gasteiger partial charge in [-0.15, -0.1) is 0 Å². The average Bonchev–Trinajstić information content (AvgIpc) is 2.75. The quantitative estimate of drug-likeness (QED) is 0.356. The predicted octanol–water partition coefficient (Wildman–Crippen LogP) is 3.52. The molecule has 0 saturated carbocycles. The molecule has 3 unspecified atom stereocenters. The molecule has 0 aliphatic heterocycles. The van der Waals surface area contributed by atoms with E-state index in [-0.39, 0.29) is 5.92 Å². The number of carbonyl (C=O) groups excluding carboxylic acids is 1. The van der Waals surface area contributed by atoms with Crippen LogP contribution in [0.3, 0.4) is 0 Å². The van der Waals surface area contributed by atoms with Gasteiger partial charge in [-0.05, 0) is 30.2 Å². The van der Waals surface area contributed by atoms with Gasteiger partial charge in [0, 0.05) is 0 Å². The summed E-state index contributed by atoms with van der Waals surface area (Å²) in [6, 6.07) is 9.77. The Balaban J connectivity index is 3.54. The van der Waals surface area contributed by atoms with E-state index in [1.165, 1.54) is 0 Å². The first-order valence-electron chi connectivity index (χ1n) is 11.1. The molecule has 0 spiro atoms. The lowest BCUT2D eigenvalue weighted by Crippen LogP contribution is -2.58. The smallest absolute Gasteiger partial charge is 0.311 e. The second-order valence-electron chi connectivity index (χ2n) is 8.85. The molecule has 6 heteroatoms. The van der Waals surface area contributed by atoms with Crippen molar-refractivity contribution >= 4 is 11.9 Å². The normalized spacial score (nSPS) is 15.5. The molecule has 0 saturated heterocycles. The molecule has 1 aromatic rings. The molecule has 3 atom stereocenters. The van der Waals surface area contributed by atoms with Crippen LogP contribution in [0, 0.1) is 17.8 Å². The molecule has 31 heavy (non-hydrogen) atoms. The molecule has 0 aromatic heterocycles. The number of carboxylic acid groups (broad SMARTS) is 1. The minimum Gasteiger partial charge on any atom is -0.481 e. The van der Waals surface area contributed by atoms with Crippen molar-refractivity contribution in [3.63, 3.8) is 0 Å². The lowest BCUT2D eigenvalue weighted by Gasteiger charge is -2.42. The van der Waals surface area contributed by atoms with Crippen molar-refractivity contribution in [2.75, 3.05) is 13.2 Å². The minimum absolute atomic E-state index is 0.302. The monoisotopic (exact) mass is 433 g/mol. The van der Waals surface area contributed by atoms with Gasteiger partial charge in [-0.3, -0.25) is 9.59 Å². The van der Waals surface area contributed by atoms with Crippen LogP contribution in [-0.2, 0) is 15.0 Å². The van der Waals surface area contributed by atoms with Gasteiger partial charge < -0.3 is 20.6 Å². The largest absolute Gasteiger partial charge is 0.481 e. The number of rotatable bonds is 13. The second kappa shape index (κ2) is 12.0. The third-order valence-corrected chi connectivity index (χ3v) is 6.41. The van der Waals surface area contributed by atoms with Gasteiger partial charge in [0.1, 0.15) is 0 Å². The van der Waals surface area contributed by atoms with E-state index < -0.39 is 47.9 Å². The van der Waals surface area contributed by atoms with Crippen LogP contribution in [0.4, 0.5) is 0 Å². The lowest BCUT2D eigenvalue weighted by molar-refractivity contribution is -0.148. The van der Waals surface area contributed by atoms with Gasteiger partial charge in [0.25, 0.3) is 0 Å². The molecular weight excluding hydrogens is 394 g/mol. The fraction of sp³-hybridized carbons (Fsp3) is 0.600. The number of allylic oxidation sites excluding steroid dienone is 1. The fourth-order valence-corrected chi connectivity index (χ4v) is 4.63. The van der Waals surface area contributed by atoms with Gasteiger partial charge in [0.2, 0.25) is 5.91 Å². The molecule has 1 rings (SSSR count). The maximum atomic E-state index is 13.6. The Bertz CT molecular complexity index is 725. The van der Waals surface area contributed by atoms with Gasteiger partial charge in [-0.1, -0.05) is 83.0 Å². The Labute approximate surface area is 186 Å². The number of hydrogen-bond acceptors (Lipinski definition) is 4. The molecule has 0 bridgehead atoms. The van der Waals surface area contributed by atoms with E-state index in [0.717, 1.165) is 5.56 Å². The average molecular weight is 434 g/mol. The van der Waals surface area contributed by atoms with Crippen LogP contribution in [0.5, 0.6) is 0 Å². The van der Waals surface area contributed by atoms with Gasteiger partial charge in [-0.2, -0.15) is 0 Å². The molecule has 0 radical (unpaired) electrons. The van der Waals surface area contributed by atoms with Gasteiger partial charge in [0.05, 0.1) is 30.6 Å². The fourth-order valence-electron chi connectivity index (χ4n) is 4.63. The summed E-state index contributed by atoms with van der Waals surface area (Å²) in [6.07, 6.45) is 4.82. The highest BCUT2D eigenvalue weighted by Crippen LogP contribution is 2.42. The summed E-state index contributed by atoms with van der Waals surface area (Å²) in [6.45, 7) is 8.81. The zero-order valence-electron chi connectivity index (χ0n) is 19.5. The topological polar surface area (TPSA) is 107 Å². The van der Waals surface area contributed by atoms with Crippen LogP contribution in [0.25, 0.3) is 0 Å². The Morgan fingerprint density at radius 3 is 2.10 bits per heavy atom. The zero-order valence-corrected chi connectivity index (χ0v) is 19.5. The van der Waals surface area contributed by atoms with Crippen molar-refractivity contribution < 1.29 is 24.9 Å². The summed E-state index contributed by atoms with van der Waals surface area (Å²) >= 11 is 0. The van der Waals surface area contributed by atoms with Crippen molar-refractivity contribution in [3.05, 3.63) is 48.0 Å². The van der Waals surface area contributed by atoms with Crippen molar-refractivity contribution in [2.45, 2.75) is 64.8 Å². The summed E-state index contributed by atoms with van der Waals surface area (Å²) in [4.78, 5) is 25.8. The van der Waals surface area contributed by atoms with Crippen molar-refractivity contribution in [1.29, 1.82) is 0 Å². The highest BCUT2D eigenvalue weighted by molar-refractivity contribution is 5.86. The SMILES string of the molecule is C/C=C\C(C(=O)O)C(C(=O)NC(CO)(CO)CCC)C(CC)C(C)(C)c1ccccc1. The third kappa shape index (κ3) is 6.40. The van der Waals surface area contributed by atoms with E-state index in [2.05, 4.69) is 5.32 Å². The summed E-state index contributed by atoms with van der Waals surface area (Å²) in [5.41, 5.74) is -0.648. The van der Waals surface area contributed by atoms with Crippen LogP contribution in [0.2, 0.25) is 0 Å². The number of aliphatic hydroxyl groups excluding tert-OH is 2. The number of nitrogens with one attached hydrogen (secondary N) is 1. The molecule has 0 aliphatic carbocycles. The summed E-state index contributed by atoms with van der Waals surface area (Å²) in [5.74, 6) is -3.76. The van der Waals surface area contributed by atoms with Crippen molar-refractivity contribution in [1.82, 2.24) is 5.32 Å². The highest BCUT2D eigenvalue weighted by Gasteiger charge is 2.46. The molecule has 0 heterocycles. The predicted molar refractivity (Wildman–Crippen MR) is 123 cm³/mol. The van der Waals surface area contributed by atoms with E-state index in [4.69, 9.17) is 0 Å². The number of carbonyl (C=O) groups is 2. The van der Waals surface area contributed by atoms with E-state index in [1.807, 2.05) is 58.0 Å². The molecule has 0 aliphatic rings. The van der Waals surface area contributed by atoms with Gasteiger partial charge in [-0.25, -0.2) is 0 Å². The number of carboxylic acids is 1. The number of hydrogen-bond donors (Lipinski definition) is 4. The highest BCUT2D eigenvalue weighted by atomic mass is 16.4. The molecular formula is C25H39NO5. The Hall–Kier alpha value is -2.18. The molecule has 4 N–H and O–H groups in total. The first kappa shape index (κ1) is 26.9. The Kier molecular flexibility index (Phi) is 10.4. The van der Waals surface area contributed by atoms with Crippen molar-refractivity contribution in [2.24, 2.45) is 17.8 Å². The van der Waals surface area contributed by atoms with E-state index in [1.54, 1.807) is 19.1 Å². The molecule has 0 fully saturated rings. The van der Waals surface area contributed by atoms with Crippen LogP contribution < -0.4 is 5.32 Å². The van der Waals surface area contributed by atoms with E-state index in [9.17, 15) is 24.9 Å². The molecule has 6 nitrogen and oxygen atoms in total. The second-order valence-corrected chi connectivity index (χ2v) is 8.85. The number of aliphatic hydroxyl groups is 2. The summed E-state index contributed by atoms with van der Waals surface area (Å²) in [7, 11) is 0. The number of amides is 1. The van der Waals surface area contributed by atoms with Crippen molar-refractivity contribution in [3.8, 4) is 0 Å². The van der Waals surface area contributed by atoms with E-state index in [0.29, 0.717) is 19.3 Å². The standard InChI is InChI=1S/C25H39NO5/c1-6-12-19(23(30)31)21(22(29)26-25(16-27,17-28)15-7-2)20(8-3)24(4,5)18-13-10-9-11-14-18/h6,9-14,19-21,27-28H,7-8,15-17H2,1-5H3,(H,26,29)(H,30,31)/b12-6-. The van der Waals surface area contributed by atoms with E-state index >= 15 is 0 Å². The maximum Gasteiger partial charge on any atom is 0.311 e. The lowest BCUT2D eigenvalue weighted by atomic mass is 9.63. The van der Waals surface area contributed by atoms with Gasteiger partial charge in [0.15, 0.2) is 0 Å². The first-order chi connectivity index (χ1) is 14.6. The van der Waals surface area contributed by atoms with Crippen LogP contribution in [0.15, 0.2) is 42.5 Å². The zero-order chi connectivity index (χ0) is 23.7. The Morgan fingerprint density at radius 2 is 1.68 bits per heavy atom. The molecule has 1 aromatic carbocycles.